The number of esters is 1. The summed E-state index contributed by atoms with van der Waals surface area (Å²) in [5.41, 5.74) is -2.00. The second-order valence-corrected chi connectivity index (χ2v) is 11.9. The van der Waals surface area contributed by atoms with Crippen molar-refractivity contribution in [1.82, 2.24) is 4.90 Å². The van der Waals surface area contributed by atoms with Crippen molar-refractivity contribution in [3.63, 3.8) is 0 Å². The van der Waals surface area contributed by atoms with E-state index in [2.05, 4.69) is 0 Å². The van der Waals surface area contributed by atoms with E-state index in [9.17, 15) is 19.2 Å². The fourth-order valence-electron chi connectivity index (χ4n) is 5.88. The molecule has 0 aliphatic carbocycles. The van der Waals surface area contributed by atoms with Crippen LogP contribution in [0.5, 0.6) is 0 Å². The predicted molar refractivity (Wildman–Crippen MR) is 140 cm³/mol. The highest BCUT2D eigenvalue weighted by Crippen LogP contribution is 2.44. The topological polar surface area (TPSA) is 99.2 Å². The summed E-state index contributed by atoms with van der Waals surface area (Å²) in [7, 11) is 1.58. The molecule has 0 unspecified atom stereocenters. The average Bonchev–Trinajstić information content (AvgIpc) is 3.08. The number of methoxy groups -OCH3 is 1. The van der Waals surface area contributed by atoms with E-state index in [1.165, 1.54) is 0 Å². The van der Waals surface area contributed by atoms with E-state index in [4.69, 9.17) is 14.2 Å². The molecule has 2 aliphatic heterocycles. The summed E-state index contributed by atoms with van der Waals surface area (Å²) in [6.07, 6.45) is 1.68. The zero-order valence-corrected chi connectivity index (χ0v) is 24.7. The van der Waals surface area contributed by atoms with Gasteiger partial charge in [0.2, 0.25) is 0 Å². The fourth-order valence-corrected chi connectivity index (χ4v) is 6.63. The monoisotopic (exact) mass is 607 g/mol. The third kappa shape index (κ3) is 5.86. The van der Waals surface area contributed by atoms with Crippen molar-refractivity contribution in [3.8, 4) is 0 Å². The number of Topliss-reactive ketones (excluding diaryl/α,β-unsaturated/α-hetero) is 2. The summed E-state index contributed by atoms with van der Waals surface area (Å²) in [5, 5.41) is 0. The van der Waals surface area contributed by atoms with Gasteiger partial charge >= 0.3 is 12.1 Å². The Morgan fingerprint density at radius 2 is 1.51 bits per heavy atom. The predicted octanol–water partition coefficient (Wildman–Crippen LogP) is 4.94. The van der Waals surface area contributed by atoms with Gasteiger partial charge in [-0.05, 0) is 69.0 Å². The molecule has 0 bridgehead atoms. The molecule has 2 fully saturated rings. The van der Waals surface area contributed by atoms with Gasteiger partial charge < -0.3 is 14.2 Å². The Balaban J connectivity index is 2.63. The number of hydrogen-bond donors (Lipinski definition) is 0. The Hall–Kier alpha value is -1.23. The molecule has 8 nitrogen and oxygen atoms in total. The van der Waals surface area contributed by atoms with Crippen molar-refractivity contribution in [2.24, 2.45) is 23.7 Å². The van der Waals surface area contributed by atoms with Crippen LogP contribution in [0, 0.1) is 23.7 Å². The van der Waals surface area contributed by atoms with E-state index < -0.39 is 51.2 Å². The molecule has 2 aliphatic rings. The second-order valence-electron chi connectivity index (χ2n) is 10.8. The average molecular weight is 608 g/mol. The van der Waals surface area contributed by atoms with Gasteiger partial charge in [-0.25, -0.2) is 4.79 Å². The molecule has 35 heavy (non-hydrogen) atoms. The summed E-state index contributed by atoms with van der Waals surface area (Å²) in [6, 6.07) is -0.755. The number of ether oxygens (including phenoxy) is 3. The molecule has 200 valence electrons. The third-order valence-corrected chi connectivity index (χ3v) is 9.54. The van der Waals surface area contributed by atoms with Crippen LogP contribution < -0.4 is 0 Å². The number of rotatable bonds is 4. The number of carbonyl (C=O) groups is 4. The third-order valence-electron chi connectivity index (χ3n) is 8.05. The standard InChI is InChI=1S/C26H42INO7/c1-10-18(11-2)28-21-16(5)19(29)14(3)12-25(7,33-9)13-15(4)20(30)17(6)22(31)34-23(27)26(21,8)35-24(28)32/h14-18,21,23H,10-13H2,1-9H3/t14-,15-,16+,17-,21-,23+,25-,26+/m1/s1. The van der Waals surface area contributed by atoms with Crippen LogP contribution in [-0.2, 0) is 28.6 Å². The lowest BCUT2D eigenvalue weighted by atomic mass is 9.75. The van der Waals surface area contributed by atoms with E-state index >= 15 is 0 Å². The second kappa shape index (κ2) is 11.4. The van der Waals surface area contributed by atoms with Gasteiger partial charge in [0.15, 0.2) is 9.71 Å². The Morgan fingerprint density at radius 3 is 2.00 bits per heavy atom. The summed E-state index contributed by atoms with van der Waals surface area (Å²) >= 11 is 1.95. The van der Waals surface area contributed by atoms with Gasteiger partial charge in [-0.2, -0.15) is 0 Å². The van der Waals surface area contributed by atoms with Crippen LogP contribution in [0.3, 0.4) is 0 Å². The minimum absolute atomic E-state index is 0.0157. The lowest BCUT2D eigenvalue weighted by Gasteiger charge is -2.41. The number of fused-ring (bicyclic) bond motifs is 1. The summed E-state index contributed by atoms with van der Waals surface area (Å²) in [5.74, 6) is -3.31. The first-order chi connectivity index (χ1) is 16.2. The Labute approximate surface area is 223 Å². The number of nitrogens with zero attached hydrogens (tertiary/aromatic N) is 1. The highest BCUT2D eigenvalue weighted by atomic mass is 127. The molecule has 9 heteroatoms. The first kappa shape index (κ1) is 30.0. The Morgan fingerprint density at radius 1 is 1.00 bits per heavy atom. The Bertz CT molecular complexity index is 831. The van der Waals surface area contributed by atoms with E-state index in [1.807, 2.05) is 57.2 Å². The zero-order chi connectivity index (χ0) is 26.9. The van der Waals surface area contributed by atoms with E-state index in [1.54, 1.807) is 32.8 Å². The van der Waals surface area contributed by atoms with Crippen molar-refractivity contribution < 1.29 is 33.4 Å². The molecule has 0 saturated carbocycles. The van der Waals surface area contributed by atoms with E-state index in [-0.39, 0.29) is 23.5 Å². The van der Waals surface area contributed by atoms with Crippen molar-refractivity contribution in [2.75, 3.05) is 7.11 Å². The normalized spacial score (nSPS) is 39.8. The number of ketones is 2. The lowest BCUT2D eigenvalue weighted by Crippen LogP contribution is -2.58. The summed E-state index contributed by atoms with van der Waals surface area (Å²) in [4.78, 5) is 54.8. The van der Waals surface area contributed by atoms with Crippen molar-refractivity contribution >= 4 is 46.2 Å². The van der Waals surface area contributed by atoms with Crippen LogP contribution in [0.1, 0.15) is 81.1 Å². The number of amides is 1. The van der Waals surface area contributed by atoms with E-state index in [0.29, 0.717) is 25.7 Å². The molecule has 0 aromatic carbocycles. The fraction of sp³-hybridized carbons (Fsp3) is 0.846. The van der Waals surface area contributed by atoms with E-state index in [0.717, 1.165) is 0 Å². The van der Waals surface area contributed by atoms with Crippen LogP contribution in [-0.4, -0.2) is 63.0 Å². The number of cyclic esters (lactones) is 1. The van der Waals surface area contributed by atoms with Gasteiger partial charge in [0.1, 0.15) is 17.5 Å². The molecule has 0 N–H and O–H groups in total. The number of carbonyl (C=O) groups excluding carboxylic acids is 4. The molecule has 0 aromatic rings. The highest BCUT2D eigenvalue weighted by Gasteiger charge is 2.61. The maximum absolute atomic E-state index is 13.8. The first-order valence-corrected chi connectivity index (χ1v) is 13.9. The lowest BCUT2D eigenvalue weighted by molar-refractivity contribution is -0.161. The summed E-state index contributed by atoms with van der Waals surface area (Å²) in [6.45, 7) is 14.6. The molecule has 0 aromatic heterocycles. The minimum atomic E-state index is -1.27. The molecule has 2 rings (SSSR count). The van der Waals surface area contributed by atoms with Crippen LogP contribution in [0.2, 0.25) is 0 Å². The molecule has 1 amide bonds. The number of hydrogen-bond acceptors (Lipinski definition) is 7. The first-order valence-electron chi connectivity index (χ1n) is 12.7. The smallest absolute Gasteiger partial charge is 0.411 e. The Kier molecular flexibility index (Phi) is 9.80. The minimum Gasteiger partial charge on any atom is -0.447 e. The molecule has 0 radical (unpaired) electrons. The van der Waals surface area contributed by atoms with Crippen LogP contribution in [0.15, 0.2) is 0 Å². The molecular formula is C26H42INO7. The molecule has 0 spiro atoms. The van der Waals surface area contributed by atoms with Crippen molar-refractivity contribution in [3.05, 3.63) is 0 Å². The maximum Gasteiger partial charge on any atom is 0.411 e. The van der Waals surface area contributed by atoms with Gasteiger partial charge in [0, 0.05) is 30.9 Å². The van der Waals surface area contributed by atoms with Crippen LogP contribution in [0.25, 0.3) is 0 Å². The maximum atomic E-state index is 13.8. The largest absolute Gasteiger partial charge is 0.447 e. The number of halogens is 1. The zero-order valence-electron chi connectivity index (χ0n) is 22.6. The van der Waals surface area contributed by atoms with Gasteiger partial charge in [0.05, 0.1) is 11.6 Å². The molecule has 2 heterocycles. The van der Waals surface area contributed by atoms with Crippen LogP contribution >= 0.6 is 22.6 Å². The van der Waals surface area contributed by atoms with Gasteiger partial charge in [-0.1, -0.05) is 34.6 Å². The SMILES string of the molecule is CCC(CC)N1C(=O)O[C@]2(C)[C@@H](I)OC(=O)[C@H](C)C(=O)[C@H](C)C[C@](C)(OC)C[C@@H](C)C(=O)[C@H](C)[C@@H]12. The van der Waals surface area contributed by atoms with Gasteiger partial charge in [0.25, 0.3) is 0 Å². The van der Waals surface area contributed by atoms with Crippen LogP contribution in [0.4, 0.5) is 4.79 Å². The number of alkyl halides is 1. The highest BCUT2D eigenvalue weighted by molar-refractivity contribution is 14.1. The van der Waals surface area contributed by atoms with Crippen molar-refractivity contribution in [2.45, 2.75) is 108 Å². The summed E-state index contributed by atoms with van der Waals surface area (Å²) < 4.78 is 16.6. The van der Waals surface area contributed by atoms with Crippen molar-refractivity contribution in [1.29, 1.82) is 0 Å². The molecule has 8 atom stereocenters. The quantitative estimate of drug-likeness (QED) is 0.193. The van der Waals surface area contributed by atoms with Gasteiger partial charge in [-0.3, -0.25) is 19.3 Å². The molecular weight excluding hydrogens is 565 g/mol. The van der Waals surface area contributed by atoms with Gasteiger partial charge in [-0.15, -0.1) is 0 Å². The molecule has 2 saturated heterocycles.